The number of unbranched alkanes of at least 4 members (excludes halogenated alkanes) is 9. The van der Waals surface area contributed by atoms with Crippen molar-refractivity contribution in [2.45, 2.75) is 90.1 Å². The van der Waals surface area contributed by atoms with Crippen molar-refractivity contribution in [1.82, 2.24) is 21.3 Å². The van der Waals surface area contributed by atoms with E-state index in [0.29, 0.717) is 25.2 Å². The fourth-order valence-electron chi connectivity index (χ4n) is 5.30. The minimum atomic E-state index is -0.161. The minimum Gasteiger partial charge on any atom is -0.366 e. The van der Waals surface area contributed by atoms with Gasteiger partial charge in [-0.05, 0) is 75.2 Å². The molecule has 0 fully saturated rings. The van der Waals surface area contributed by atoms with Crippen molar-refractivity contribution in [3.63, 3.8) is 0 Å². The average Bonchev–Trinajstić information content (AvgIpc) is 3.66. The van der Waals surface area contributed by atoms with Crippen LogP contribution in [-0.4, -0.2) is 62.0 Å². The lowest BCUT2D eigenvalue weighted by molar-refractivity contribution is 0.251. The summed E-state index contributed by atoms with van der Waals surface area (Å²) >= 11 is 0. The Kier molecular flexibility index (Phi) is 17.9. The van der Waals surface area contributed by atoms with Gasteiger partial charge in [0.05, 0.1) is 13.1 Å². The first-order valence-corrected chi connectivity index (χ1v) is 16.4. The fourth-order valence-corrected chi connectivity index (χ4v) is 5.30. The Morgan fingerprint density at radius 2 is 0.913 bits per heavy atom. The smallest absolute Gasteiger partial charge is 0.319 e. The Morgan fingerprint density at radius 3 is 1.22 bits per heavy atom. The van der Waals surface area contributed by atoms with Crippen molar-refractivity contribution in [2.75, 3.05) is 36.8 Å². The molecule has 2 aromatic rings. The van der Waals surface area contributed by atoms with Crippen molar-refractivity contribution in [1.29, 1.82) is 0 Å². The molecule has 0 saturated carbocycles. The van der Waals surface area contributed by atoms with Gasteiger partial charge in [-0.2, -0.15) is 0 Å². The molecule has 2 atom stereocenters. The largest absolute Gasteiger partial charge is 0.366 e. The Balaban J connectivity index is 0.00000368. The van der Waals surface area contributed by atoms with Crippen molar-refractivity contribution in [3.05, 3.63) is 59.7 Å². The zero-order valence-electron chi connectivity index (χ0n) is 27.2. The number of hydrogen-bond acceptors (Lipinski definition) is 6. The van der Waals surface area contributed by atoms with Crippen LogP contribution in [0.25, 0.3) is 0 Å². The summed E-state index contributed by atoms with van der Waals surface area (Å²) in [6.07, 6.45) is 11.6. The number of hydrogen-bond donors (Lipinski definition) is 6. The number of halogens is 2. The highest BCUT2D eigenvalue weighted by Gasteiger charge is 2.15. The van der Waals surface area contributed by atoms with E-state index >= 15 is 0 Å². The molecule has 2 heterocycles. The molecule has 2 aliphatic heterocycles. The quantitative estimate of drug-likeness (QED) is 0.102. The third-order valence-corrected chi connectivity index (χ3v) is 7.82. The van der Waals surface area contributed by atoms with Crippen LogP contribution in [0.5, 0.6) is 0 Å². The number of urea groups is 2. The highest BCUT2D eigenvalue weighted by molar-refractivity contribution is 6.01. The number of nitrogens with zero attached hydrogens (tertiary/aromatic N) is 2. The highest BCUT2D eigenvalue weighted by atomic mass is 35.5. The van der Waals surface area contributed by atoms with Crippen LogP contribution in [-0.2, 0) is 0 Å². The van der Waals surface area contributed by atoms with E-state index in [0.717, 1.165) is 72.9 Å². The van der Waals surface area contributed by atoms with Crippen LogP contribution in [0.15, 0.2) is 58.5 Å². The molecular weight excluding hydrogens is 623 g/mol. The zero-order valence-corrected chi connectivity index (χ0v) is 28.8. The highest BCUT2D eigenvalue weighted by Crippen LogP contribution is 2.14. The van der Waals surface area contributed by atoms with Gasteiger partial charge in [-0.1, -0.05) is 51.4 Å². The van der Waals surface area contributed by atoms with Crippen LogP contribution in [0.2, 0.25) is 0 Å². The minimum absolute atomic E-state index is 0. The molecule has 2 aliphatic rings. The topological polar surface area (TPSA) is 131 Å². The van der Waals surface area contributed by atoms with Gasteiger partial charge in [0.2, 0.25) is 0 Å². The maximum absolute atomic E-state index is 12.2. The fraction of sp³-hybridized carbons (Fsp3) is 0.529. The van der Waals surface area contributed by atoms with Gasteiger partial charge in [0, 0.05) is 47.7 Å². The Morgan fingerprint density at radius 1 is 0.587 bits per heavy atom. The summed E-state index contributed by atoms with van der Waals surface area (Å²) in [5, 5.41) is 18.4. The van der Waals surface area contributed by atoms with Crippen LogP contribution < -0.4 is 31.9 Å². The normalized spacial score (nSPS) is 16.5. The summed E-state index contributed by atoms with van der Waals surface area (Å²) in [6.45, 7) is 7.19. The molecule has 2 unspecified atom stereocenters. The number of carbonyl (C=O) groups excluding carboxylic acids is 2. The zero-order chi connectivity index (χ0) is 31.0. The molecule has 0 spiro atoms. The van der Waals surface area contributed by atoms with Gasteiger partial charge in [-0.3, -0.25) is 9.98 Å². The van der Waals surface area contributed by atoms with E-state index in [4.69, 9.17) is 0 Å². The third kappa shape index (κ3) is 13.9. The molecule has 0 radical (unpaired) electrons. The number of anilines is 2. The maximum atomic E-state index is 12.2. The monoisotopic (exact) mass is 674 g/mol. The lowest BCUT2D eigenvalue weighted by Gasteiger charge is -2.10. The number of nitrogens with one attached hydrogen (secondary N) is 6. The van der Waals surface area contributed by atoms with E-state index in [1.807, 2.05) is 48.5 Å². The molecule has 254 valence electrons. The number of aliphatic imine (C=N–C) groups is 2. The van der Waals surface area contributed by atoms with Gasteiger partial charge in [0.15, 0.2) is 0 Å². The summed E-state index contributed by atoms with van der Waals surface area (Å²) in [6, 6.07) is 16.0. The van der Waals surface area contributed by atoms with Crippen LogP contribution in [0.4, 0.5) is 21.0 Å². The number of amidine groups is 2. The SMILES string of the molecule is CC1CN=C(c2ccc(NC(=O)NCCCCCCCCCCCCNC(=O)Nc3ccc(C4=NCC(C)N4)cc3)cc2)N1.Cl.Cl. The standard InChI is InChI=1S/C34H50N8O2.2ClH/c1-25-23-37-31(39-25)27-13-17-29(18-14-27)41-33(43)35-21-11-9-7-5-3-4-6-8-10-12-22-36-34(44)42-30-19-15-28(16-20-30)32-38-24-26(2)40-32;;/h13-20,25-26H,3-12,21-24H2,1-2H3,(H,37,39)(H,38,40)(H2,35,41,43)(H2,36,42,44);2*1H. The molecule has 4 amide bonds. The second-order valence-corrected chi connectivity index (χ2v) is 11.9. The van der Waals surface area contributed by atoms with E-state index in [1.54, 1.807) is 0 Å². The van der Waals surface area contributed by atoms with E-state index in [1.165, 1.54) is 38.5 Å². The molecule has 0 aromatic heterocycles. The van der Waals surface area contributed by atoms with Gasteiger partial charge in [-0.15, -0.1) is 24.8 Å². The molecule has 0 bridgehead atoms. The molecule has 12 heteroatoms. The first-order valence-electron chi connectivity index (χ1n) is 16.4. The second kappa shape index (κ2) is 21.3. The molecule has 0 aliphatic carbocycles. The predicted octanol–water partition coefficient (Wildman–Crippen LogP) is 6.85. The third-order valence-electron chi connectivity index (χ3n) is 7.82. The Bertz CT molecular complexity index is 1160. The van der Waals surface area contributed by atoms with Crippen LogP contribution in [0, 0.1) is 0 Å². The van der Waals surface area contributed by atoms with E-state index in [2.05, 4.69) is 55.7 Å². The number of amides is 4. The predicted molar refractivity (Wildman–Crippen MR) is 196 cm³/mol. The van der Waals surface area contributed by atoms with E-state index < -0.39 is 0 Å². The van der Waals surface area contributed by atoms with Gasteiger partial charge < -0.3 is 31.9 Å². The molecule has 6 N–H and O–H groups in total. The summed E-state index contributed by atoms with van der Waals surface area (Å²) < 4.78 is 0. The number of benzene rings is 2. The Hall–Kier alpha value is -3.50. The molecular formula is C34H52Cl2N8O2. The average molecular weight is 676 g/mol. The summed E-state index contributed by atoms with van der Waals surface area (Å²) in [4.78, 5) is 33.3. The van der Waals surface area contributed by atoms with E-state index in [9.17, 15) is 9.59 Å². The van der Waals surface area contributed by atoms with Crippen LogP contribution in [0.1, 0.15) is 89.2 Å². The summed E-state index contributed by atoms with van der Waals surface area (Å²) in [5.41, 5.74) is 3.63. The molecule has 10 nitrogen and oxygen atoms in total. The van der Waals surface area contributed by atoms with Gasteiger partial charge in [0.1, 0.15) is 11.7 Å². The molecule has 2 aromatic carbocycles. The summed E-state index contributed by atoms with van der Waals surface area (Å²) in [5.74, 6) is 1.84. The summed E-state index contributed by atoms with van der Waals surface area (Å²) in [7, 11) is 0. The molecule has 0 saturated heterocycles. The first kappa shape index (κ1) is 38.7. The number of carbonyl (C=O) groups is 2. The van der Waals surface area contributed by atoms with Crippen LogP contribution >= 0.6 is 24.8 Å². The first-order chi connectivity index (χ1) is 21.5. The molecule has 46 heavy (non-hydrogen) atoms. The Labute approximate surface area is 286 Å². The van der Waals surface area contributed by atoms with Crippen LogP contribution in [0.3, 0.4) is 0 Å². The second-order valence-electron chi connectivity index (χ2n) is 11.9. The van der Waals surface area contributed by atoms with Crippen molar-refractivity contribution in [3.8, 4) is 0 Å². The van der Waals surface area contributed by atoms with Gasteiger partial charge in [-0.25, -0.2) is 9.59 Å². The lowest BCUT2D eigenvalue weighted by atomic mass is 10.1. The van der Waals surface area contributed by atoms with Crippen molar-refractivity contribution < 1.29 is 9.59 Å². The molecule has 4 rings (SSSR count). The number of rotatable bonds is 17. The maximum Gasteiger partial charge on any atom is 0.319 e. The lowest BCUT2D eigenvalue weighted by Crippen LogP contribution is -2.29. The van der Waals surface area contributed by atoms with Crippen molar-refractivity contribution >= 4 is 59.9 Å². The van der Waals surface area contributed by atoms with E-state index in [-0.39, 0.29) is 36.9 Å². The van der Waals surface area contributed by atoms with Crippen molar-refractivity contribution in [2.24, 2.45) is 9.98 Å². The van der Waals surface area contributed by atoms with Gasteiger partial charge in [0.25, 0.3) is 0 Å². The van der Waals surface area contributed by atoms with Gasteiger partial charge >= 0.3 is 12.1 Å².